The summed E-state index contributed by atoms with van der Waals surface area (Å²) in [6, 6.07) is 7.16. The van der Waals surface area contributed by atoms with E-state index in [1.165, 1.54) is 11.3 Å². The van der Waals surface area contributed by atoms with Crippen molar-refractivity contribution in [1.29, 1.82) is 0 Å². The zero-order chi connectivity index (χ0) is 16.5. The Bertz CT molecular complexity index is 864. The number of carbonyl (C=O) groups is 2. The smallest absolute Gasteiger partial charge is 0.230 e. The molecule has 2 heterocycles. The quantitative estimate of drug-likeness (QED) is 0.750. The number of amides is 2. The lowest BCUT2D eigenvalue weighted by atomic mass is 10.2. The van der Waals surface area contributed by atoms with Gasteiger partial charge in [-0.3, -0.25) is 14.0 Å². The summed E-state index contributed by atoms with van der Waals surface area (Å²) in [7, 11) is 0. The van der Waals surface area contributed by atoms with Crippen molar-refractivity contribution in [2.24, 2.45) is 5.92 Å². The fourth-order valence-corrected chi connectivity index (χ4v) is 3.18. The number of thiazole rings is 1. The second kappa shape index (κ2) is 6.09. The molecule has 24 heavy (non-hydrogen) atoms. The molecule has 1 fully saturated rings. The van der Waals surface area contributed by atoms with Crippen LogP contribution in [0.25, 0.3) is 4.96 Å². The molecule has 1 aliphatic carbocycles. The number of hydrogen-bond donors (Lipinski definition) is 2. The molecule has 1 aromatic carbocycles. The molecule has 2 amide bonds. The van der Waals surface area contributed by atoms with Crippen molar-refractivity contribution in [3.8, 4) is 0 Å². The van der Waals surface area contributed by atoms with Gasteiger partial charge in [-0.1, -0.05) is 0 Å². The van der Waals surface area contributed by atoms with Gasteiger partial charge in [-0.05, 0) is 37.1 Å². The summed E-state index contributed by atoms with van der Waals surface area (Å²) >= 11 is 1.54. The molecule has 2 aromatic heterocycles. The summed E-state index contributed by atoms with van der Waals surface area (Å²) in [6.45, 7) is 0. The van der Waals surface area contributed by atoms with Crippen molar-refractivity contribution < 1.29 is 9.59 Å². The zero-order valence-corrected chi connectivity index (χ0v) is 13.7. The van der Waals surface area contributed by atoms with Crippen LogP contribution in [0.15, 0.2) is 42.0 Å². The molecule has 6 nitrogen and oxygen atoms in total. The monoisotopic (exact) mass is 340 g/mol. The maximum absolute atomic E-state index is 12.1. The Morgan fingerprint density at radius 3 is 2.54 bits per heavy atom. The van der Waals surface area contributed by atoms with E-state index in [2.05, 4.69) is 15.6 Å². The van der Waals surface area contributed by atoms with Crippen LogP contribution in [0.4, 0.5) is 11.4 Å². The van der Waals surface area contributed by atoms with Crippen LogP contribution in [0, 0.1) is 5.92 Å². The number of hydrogen-bond acceptors (Lipinski definition) is 4. The van der Waals surface area contributed by atoms with Crippen LogP contribution in [0.2, 0.25) is 0 Å². The molecule has 0 bridgehead atoms. The summed E-state index contributed by atoms with van der Waals surface area (Å²) in [5.41, 5.74) is 2.19. The predicted octanol–water partition coefficient (Wildman–Crippen LogP) is 2.93. The van der Waals surface area contributed by atoms with Crippen LogP contribution in [-0.4, -0.2) is 21.2 Å². The van der Waals surface area contributed by atoms with Crippen LogP contribution in [0.5, 0.6) is 0 Å². The Balaban J connectivity index is 1.34. The van der Waals surface area contributed by atoms with Gasteiger partial charge in [-0.15, -0.1) is 11.3 Å². The van der Waals surface area contributed by atoms with Crippen molar-refractivity contribution in [2.75, 3.05) is 10.6 Å². The minimum absolute atomic E-state index is 0.0755. The number of rotatable bonds is 5. The number of anilines is 2. The summed E-state index contributed by atoms with van der Waals surface area (Å²) in [5, 5.41) is 7.67. The maximum atomic E-state index is 12.1. The Kier molecular flexibility index (Phi) is 3.78. The van der Waals surface area contributed by atoms with E-state index in [0.29, 0.717) is 5.69 Å². The number of nitrogens with zero attached hydrogens (tertiary/aromatic N) is 2. The number of aromatic nitrogens is 2. The van der Waals surface area contributed by atoms with Crippen LogP contribution in [-0.2, 0) is 16.0 Å². The number of benzene rings is 1. The first-order chi connectivity index (χ1) is 11.7. The zero-order valence-electron chi connectivity index (χ0n) is 12.9. The van der Waals surface area contributed by atoms with E-state index in [9.17, 15) is 9.59 Å². The number of fused-ring (bicyclic) bond motifs is 1. The third-order valence-corrected chi connectivity index (χ3v) is 4.64. The van der Waals surface area contributed by atoms with Gasteiger partial charge in [0.2, 0.25) is 11.8 Å². The van der Waals surface area contributed by atoms with Gasteiger partial charge >= 0.3 is 0 Å². The summed E-state index contributed by atoms with van der Waals surface area (Å²) in [4.78, 5) is 29.1. The van der Waals surface area contributed by atoms with Crippen molar-refractivity contribution in [3.63, 3.8) is 0 Å². The Morgan fingerprint density at radius 1 is 1.17 bits per heavy atom. The third-order valence-electron chi connectivity index (χ3n) is 3.87. The average Bonchev–Trinajstić information content (AvgIpc) is 3.21. The Morgan fingerprint density at radius 2 is 1.88 bits per heavy atom. The lowest BCUT2D eigenvalue weighted by molar-refractivity contribution is -0.117. The van der Waals surface area contributed by atoms with Gasteiger partial charge in [0.15, 0.2) is 4.96 Å². The van der Waals surface area contributed by atoms with Gasteiger partial charge < -0.3 is 10.6 Å². The predicted molar refractivity (Wildman–Crippen MR) is 93.2 cm³/mol. The van der Waals surface area contributed by atoms with Crippen LogP contribution < -0.4 is 10.6 Å². The fraction of sp³-hybridized carbons (Fsp3) is 0.235. The average molecular weight is 340 g/mol. The number of nitrogens with one attached hydrogen (secondary N) is 2. The normalized spacial score (nSPS) is 13.8. The maximum Gasteiger partial charge on any atom is 0.230 e. The summed E-state index contributed by atoms with van der Waals surface area (Å²) in [6.07, 6.45) is 5.97. The molecule has 0 saturated heterocycles. The first kappa shape index (κ1) is 14.9. The molecule has 0 spiro atoms. The van der Waals surface area contributed by atoms with Gasteiger partial charge in [-0.2, -0.15) is 0 Å². The van der Waals surface area contributed by atoms with E-state index >= 15 is 0 Å². The van der Waals surface area contributed by atoms with Gasteiger partial charge in [-0.25, -0.2) is 4.98 Å². The minimum Gasteiger partial charge on any atom is -0.326 e. The fourth-order valence-electron chi connectivity index (χ4n) is 2.46. The van der Waals surface area contributed by atoms with Crippen molar-refractivity contribution in [1.82, 2.24) is 9.38 Å². The van der Waals surface area contributed by atoms with E-state index in [1.54, 1.807) is 24.3 Å². The number of carbonyl (C=O) groups excluding carboxylic acids is 2. The molecule has 4 rings (SSSR count). The summed E-state index contributed by atoms with van der Waals surface area (Å²) in [5.74, 6) is 0.135. The Hall–Kier alpha value is -2.67. The lowest BCUT2D eigenvalue weighted by Crippen LogP contribution is -2.15. The molecule has 122 valence electrons. The highest BCUT2D eigenvalue weighted by molar-refractivity contribution is 7.15. The van der Waals surface area contributed by atoms with Crippen molar-refractivity contribution >= 4 is 39.5 Å². The molecule has 0 unspecified atom stereocenters. The van der Waals surface area contributed by atoms with Crippen molar-refractivity contribution in [2.45, 2.75) is 19.3 Å². The minimum atomic E-state index is -0.115. The highest BCUT2D eigenvalue weighted by atomic mass is 32.1. The van der Waals surface area contributed by atoms with Crippen LogP contribution in [0.1, 0.15) is 18.5 Å². The molecule has 7 heteroatoms. The van der Waals surface area contributed by atoms with E-state index in [1.807, 2.05) is 22.2 Å². The molecular formula is C17H16N4O2S. The molecule has 1 aliphatic rings. The topological polar surface area (TPSA) is 75.5 Å². The lowest BCUT2D eigenvalue weighted by Gasteiger charge is -2.07. The summed E-state index contributed by atoms with van der Waals surface area (Å²) < 4.78 is 1.91. The third kappa shape index (κ3) is 3.30. The molecular weight excluding hydrogens is 324 g/mol. The van der Waals surface area contributed by atoms with E-state index in [0.717, 1.165) is 29.2 Å². The van der Waals surface area contributed by atoms with Crippen molar-refractivity contribution in [3.05, 3.63) is 47.7 Å². The molecule has 0 radical (unpaired) electrons. The van der Waals surface area contributed by atoms with E-state index in [-0.39, 0.29) is 24.2 Å². The first-order valence-corrected chi connectivity index (χ1v) is 8.67. The first-order valence-electron chi connectivity index (χ1n) is 7.79. The van der Waals surface area contributed by atoms with Gasteiger partial charge in [0.25, 0.3) is 0 Å². The number of imidazole rings is 1. The van der Waals surface area contributed by atoms with Gasteiger partial charge in [0.05, 0.1) is 12.1 Å². The van der Waals surface area contributed by atoms with E-state index < -0.39 is 0 Å². The Labute approximate surface area is 142 Å². The standard InChI is InChI=1S/C17H16N4O2S/c22-15(9-14-10-21-7-8-24-17(21)20-14)18-12-3-5-13(6-4-12)19-16(23)11-1-2-11/h3-8,10-11H,1-2,9H2,(H,18,22)(H,19,23). The highest BCUT2D eigenvalue weighted by Crippen LogP contribution is 2.30. The van der Waals surface area contributed by atoms with Gasteiger partial charge in [0.1, 0.15) is 0 Å². The second-order valence-corrected chi connectivity index (χ2v) is 6.76. The van der Waals surface area contributed by atoms with Gasteiger partial charge in [0, 0.05) is 35.1 Å². The largest absolute Gasteiger partial charge is 0.326 e. The SMILES string of the molecule is O=C(Cc1cn2ccsc2n1)Nc1ccc(NC(=O)C2CC2)cc1. The van der Waals surface area contributed by atoms with E-state index in [4.69, 9.17) is 0 Å². The molecule has 2 N–H and O–H groups in total. The molecule has 0 aliphatic heterocycles. The highest BCUT2D eigenvalue weighted by Gasteiger charge is 2.29. The molecule has 1 saturated carbocycles. The van der Waals surface area contributed by atoms with Crippen LogP contribution >= 0.6 is 11.3 Å². The molecule has 3 aromatic rings. The molecule has 0 atom stereocenters. The second-order valence-electron chi connectivity index (χ2n) is 5.89. The van der Waals surface area contributed by atoms with Crippen LogP contribution in [0.3, 0.4) is 0 Å².